The van der Waals surface area contributed by atoms with Gasteiger partial charge in [0.2, 0.25) is 0 Å². The van der Waals surface area contributed by atoms with E-state index in [1.54, 1.807) is 27.8 Å². The first kappa shape index (κ1) is 33.1. The van der Waals surface area contributed by atoms with Gasteiger partial charge in [-0.1, -0.05) is 60.7 Å². The Morgan fingerprint density at radius 3 is 1.62 bits per heavy atom. The molecule has 2 unspecified atom stereocenters. The molecule has 2 aromatic carbocycles. The molecule has 3 N–H and O–H groups in total. The number of likely N-dealkylation sites (N-methyl/N-ethyl adjacent to an activating group) is 1. The topological polar surface area (TPSA) is 140 Å². The van der Waals surface area contributed by atoms with Gasteiger partial charge in [0.15, 0.2) is 0 Å². The summed E-state index contributed by atoms with van der Waals surface area (Å²) in [7, 11) is 1.68. The number of hydrogen-bond acceptors (Lipinski definition) is 8. The maximum atomic E-state index is 12.8. The van der Waals surface area contributed by atoms with Crippen LogP contribution in [-0.2, 0) is 41.8 Å². The largest absolute Gasteiger partial charge is 0.481 e. The second-order valence-electron chi connectivity index (χ2n) is 9.68. The van der Waals surface area contributed by atoms with Gasteiger partial charge in [0.25, 0.3) is 5.97 Å². The molecule has 0 aliphatic carbocycles. The van der Waals surface area contributed by atoms with Crippen LogP contribution in [0.1, 0.15) is 58.1 Å². The number of alkyl carbamates (subject to hydrolysis) is 1. The summed E-state index contributed by atoms with van der Waals surface area (Å²) in [5.41, 5.74) is 1.04. The van der Waals surface area contributed by atoms with Crippen LogP contribution in [0.2, 0.25) is 0 Å². The van der Waals surface area contributed by atoms with E-state index >= 15 is 0 Å². The average Bonchev–Trinajstić information content (AvgIpc) is 2.87. The fourth-order valence-corrected chi connectivity index (χ4v) is 3.26. The normalized spacial score (nSPS) is 12.1. The van der Waals surface area contributed by atoms with E-state index in [9.17, 15) is 14.4 Å². The molecule has 0 aliphatic rings. The van der Waals surface area contributed by atoms with Gasteiger partial charge in [0, 0.05) is 6.92 Å². The molecule has 0 aromatic heterocycles. The maximum absolute atomic E-state index is 12.8. The zero-order chi connectivity index (χ0) is 29.3. The van der Waals surface area contributed by atoms with E-state index in [1.165, 1.54) is 0 Å². The van der Waals surface area contributed by atoms with Crippen molar-refractivity contribution in [3.63, 3.8) is 0 Å². The molecule has 2 atom stereocenters. The first-order chi connectivity index (χ1) is 18.4. The molecule has 39 heavy (non-hydrogen) atoms. The first-order valence-electron chi connectivity index (χ1n) is 12.7. The number of esters is 2. The molecule has 0 spiro atoms. The van der Waals surface area contributed by atoms with E-state index in [0.717, 1.165) is 18.1 Å². The second kappa shape index (κ2) is 17.6. The zero-order valence-corrected chi connectivity index (χ0v) is 23.3. The summed E-state index contributed by atoms with van der Waals surface area (Å²) in [5, 5.41) is 13.0. The van der Waals surface area contributed by atoms with Crippen LogP contribution in [0.25, 0.3) is 0 Å². The number of carboxylic acid groups (broad SMARTS) is 1. The number of aliphatic carboxylic acids is 1. The van der Waals surface area contributed by atoms with Crippen molar-refractivity contribution >= 4 is 24.0 Å². The summed E-state index contributed by atoms with van der Waals surface area (Å²) in [5.74, 6) is -1.77. The minimum atomic E-state index is -0.911. The number of nitrogens with one attached hydrogen (secondary N) is 2. The van der Waals surface area contributed by atoms with Gasteiger partial charge in [0.1, 0.15) is 30.9 Å². The number of hydrogen-bond donors (Lipinski definition) is 3. The lowest BCUT2D eigenvalue weighted by Crippen LogP contribution is -2.44. The third-order valence-corrected chi connectivity index (χ3v) is 5.04. The van der Waals surface area contributed by atoms with Crippen molar-refractivity contribution in [1.29, 1.82) is 0 Å². The average molecular weight is 545 g/mol. The van der Waals surface area contributed by atoms with E-state index in [-0.39, 0.29) is 25.6 Å². The van der Waals surface area contributed by atoms with Crippen LogP contribution < -0.4 is 10.6 Å². The summed E-state index contributed by atoms with van der Waals surface area (Å²) in [4.78, 5) is 46.5. The molecular weight excluding hydrogens is 504 g/mol. The molecule has 0 radical (unpaired) electrons. The molecular formula is C29H40N2O8. The van der Waals surface area contributed by atoms with Gasteiger partial charge < -0.3 is 30.0 Å². The minimum absolute atomic E-state index is 0.0944. The Morgan fingerprint density at radius 2 is 1.21 bits per heavy atom. The van der Waals surface area contributed by atoms with Gasteiger partial charge in [-0.15, -0.1) is 0 Å². The summed E-state index contributed by atoms with van der Waals surface area (Å²) >= 11 is 0. The predicted molar refractivity (Wildman–Crippen MR) is 146 cm³/mol. The lowest BCUT2D eigenvalue weighted by molar-refractivity contribution is -0.147. The van der Waals surface area contributed by atoms with Gasteiger partial charge in [0.05, 0.1) is 0 Å². The van der Waals surface area contributed by atoms with E-state index in [0.29, 0.717) is 12.8 Å². The lowest BCUT2D eigenvalue weighted by Gasteiger charge is -2.23. The Bertz CT molecular complexity index is 1020. The molecule has 1 amide bonds. The van der Waals surface area contributed by atoms with E-state index in [1.807, 2.05) is 60.7 Å². The molecule has 214 valence electrons. The summed E-state index contributed by atoms with van der Waals surface area (Å²) in [6.45, 7) is 6.60. The number of carbonyl (C=O) groups is 4. The van der Waals surface area contributed by atoms with Crippen LogP contribution in [-0.4, -0.2) is 53.8 Å². The van der Waals surface area contributed by atoms with Crippen LogP contribution in [0, 0.1) is 0 Å². The van der Waals surface area contributed by atoms with Crippen LogP contribution in [0.4, 0.5) is 4.79 Å². The molecule has 10 nitrogen and oxygen atoms in total. The van der Waals surface area contributed by atoms with Gasteiger partial charge in [-0.05, 0) is 58.2 Å². The van der Waals surface area contributed by atoms with Crippen molar-refractivity contribution in [2.24, 2.45) is 0 Å². The van der Waals surface area contributed by atoms with Crippen LogP contribution in [0.5, 0.6) is 0 Å². The highest BCUT2D eigenvalue weighted by molar-refractivity contribution is 5.81. The SMILES string of the molecule is CC(=O)O.CNC(CCCC(NC(=O)OC(C)(C)C)C(=O)OCc1ccccc1)C(=O)OCc1ccccc1. The summed E-state index contributed by atoms with van der Waals surface area (Å²) < 4.78 is 16.1. The molecule has 10 heteroatoms. The molecule has 0 saturated heterocycles. The molecule has 0 heterocycles. The Balaban J connectivity index is 0.00000177. The fraction of sp³-hybridized carbons (Fsp3) is 0.448. The Morgan fingerprint density at radius 1 is 0.795 bits per heavy atom. The number of carbonyl (C=O) groups excluding carboxylic acids is 3. The first-order valence-corrected chi connectivity index (χ1v) is 12.7. The van der Waals surface area contributed by atoms with Crippen molar-refractivity contribution in [2.75, 3.05) is 7.05 Å². The minimum Gasteiger partial charge on any atom is -0.481 e. The Kier molecular flexibility index (Phi) is 14.9. The highest BCUT2D eigenvalue weighted by Crippen LogP contribution is 2.12. The van der Waals surface area contributed by atoms with Crippen molar-refractivity contribution in [3.05, 3.63) is 71.8 Å². The summed E-state index contributed by atoms with van der Waals surface area (Å²) in [6.07, 6.45) is 0.457. The van der Waals surface area contributed by atoms with Gasteiger partial charge in [-0.3, -0.25) is 9.59 Å². The number of amides is 1. The van der Waals surface area contributed by atoms with Crippen LogP contribution in [0.3, 0.4) is 0 Å². The molecule has 0 bridgehead atoms. The van der Waals surface area contributed by atoms with Gasteiger partial charge in [-0.2, -0.15) is 0 Å². The molecule has 2 rings (SSSR count). The quantitative estimate of drug-likeness (QED) is 0.265. The third-order valence-electron chi connectivity index (χ3n) is 5.04. The molecule has 0 saturated carbocycles. The summed E-state index contributed by atoms with van der Waals surface area (Å²) in [6, 6.07) is 17.3. The van der Waals surface area contributed by atoms with E-state index in [4.69, 9.17) is 24.1 Å². The van der Waals surface area contributed by atoms with Gasteiger partial charge in [-0.25, -0.2) is 9.59 Å². The number of benzene rings is 2. The number of carboxylic acids is 1. The molecule has 0 fully saturated rings. The monoisotopic (exact) mass is 544 g/mol. The number of rotatable bonds is 12. The van der Waals surface area contributed by atoms with Crippen molar-refractivity contribution in [2.45, 2.75) is 77.9 Å². The highest BCUT2D eigenvalue weighted by atomic mass is 16.6. The number of ether oxygens (including phenoxy) is 3. The Labute approximate surface area is 230 Å². The van der Waals surface area contributed by atoms with Crippen LogP contribution in [0.15, 0.2) is 60.7 Å². The van der Waals surface area contributed by atoms with E-state index < -0.39 is 35.7 Å². The van der Waals surface area contributed by atoms with Crippen molar-refractivity contribution in [3.8, 4) is 0 Å². The highest BCUT2D eigenvalue weighted by Gasteiger charge is 2.26. The smallest absolute Gasteiger partial charge is 0.408 e. The van der Waals surface area contributed by atoms with Gasteiger partial charge >= 0.3 is 18.0 Å². The molecule has 0 aliphatic heterocycles. The predicted octanol–water partition coefficient (Wildman–Crippen LogP) is 4.22. The maximum Gasteiger partial charge on any atom is 0.408 e. The standard InChI is InChI=1S/C27H36N2O6.C2H4O2/c1-27(2,3)35-26(32)29-23(25(31)34-19-21-14-9-6-10-15-21)17-11-16-22(28-4)24(30)33-18-20-12-7-5-8-13-20;1-2(3)4/h5-10,12-15,22-23,28H,11,16-19H2,1-4H3,(H,29,32);1H3,(H,3,4). The molecule has 2 aromatic rings. The van der Waals surface area contributed by atoms with Crippen molar-refractivity contribution < 1.29 is 38.5 Å². The Hall–Kier alpha value is -3.92. The van der Waals surface area contributed by atoms with E-state index in [2.05, 4.69) is 10.6 Å². The van der Waals surface area contributed by atoms with Crippen LogP contribution >= 0.6 is 0 Å². The third kappa shape index (κ3) is 15.8. The van der Waals surface area contributed by atoms with Crippen molar-refractivity contribution in [1.82, 2.24) is 10.6 Å². The lowest BCUT2D eigenvalue weighted by atomic mass is 10.1. The fourth-order valence-electron chi connectivity index (χ4n) is 3.26. The zero-order valence-electron chi connectivity index (χ0n) is 23.3. The second-order valence-corrected chi connectivity index (χ2v) is 9.68.